The SMILES string of the molecule is Cc1nccc(O[C@@H]2CCCN(C(=O)CSC3CCCC3)C2)n1. The maximum Gasteiger partial charge on any atom is 0.232 e. The lowest BCUT2D eigenvalue weighted by Gasteiger charge is -2.32. The van der Waals surface area contributed by atoms with Crippen LogP contribution in [0.5, 0.6) is 5.88 Å². The molecule has 1 aromatic heterocycles. The summed E-state index contributed by atoms with van der Waals surface area (Å²) in [7, 11) is 0. The third kappa shape index (κ3) is 4.83. The quantitative estimate of drug-likeness (QED) is 0.828. The monoisotopic (exact) mass is 335 g/mol. The Kier molecular flexibility index (Phi) is 5.75. The van der Waals surface area contributed by atoms with Crippen molar-refractivity contribution in [3.05, 3.63) is 18.1 Å². The summed E-state index contributed by atoms with van der Waals surface area (Å²) in [4.78, 5) is 22.8. The minimum Gasteiger partial charge on any atom is -0.472 e. The number of likely N-dealkylation sites (tertiary alicyclic amines) is 1. The Balaban J connectivity index is 1.48. The molecule has 1 saturated carbocycles. The van der Waals surface area contributed by atoms with Gasteiger partial charge in [-0.1, -0.05) is 12.8 Å². The van der Waals surface area contributed by atoms with Gasteiger partial charge in [-0.25, -0.2) is 4.98 Å². The molecule has 0 spiro atoms. The molecule has 6 heteroatoms. The first-order valence-corrected chi connectivity index (χ1v) is 9.61. The molecule has 0 unspecified atom stereocenters. The van der Waals surface area contributed by atoms with Gasteiger partial charge >= 0.3 is 0 Å². The number of carbonyl (C=O) groups excluding carboxylic acids is 1. The van der Waals surface area contributed by atoms with Crippen LogP contribution in [0, 0.1) is 6.92 Å². The topological polar surface area (TPSA) is 55.3 Å². The number of thioether (sulfide) groups is 1. The lowest BCUT2D eigenvalue weighted by atomic mass is 10.1. The van der Waals surface area contributed by atoms with E-state index in [1.54, 1.807) is 12.3 Å². The van der Waals surface area contributed by atoms with E-state index in [2.05, 4.69) is 9.97 Å². The van der Waals surface area contributed by atoms with E-state index in [0.717, 1.165) is 19.4 Å². The Morgan fingerprint density at radius 3 is 2.96 bits per heavy atom. The minimum absolute atomic E-state index is 0.0403. The van der Waals surface area contributed by atoms with Crippen molar-refractivity contribution in [1.29, 1.82) is 0 Å². The van der Waals surface area contributed by atoms with Gasteiger partial charge in [0, 0.05) is 24.1 Å². The van der Waals surface area contributed by atoms with Gasteiger partial charge in [0.1, 0.15) is 11.9 Å². The Hall–Kier alpha value is -1.30. The van der Waals surface area contributed by atoms with Gasteiger partial charge in [-0.05, 0) is 32.6 Å². The maximum atomic E-state index is 12.4. The summed E-state index contributed by atoms with van der Waals surface area (Å²) in [5.41, 5.74) is 0. The second kappa shape index (κ2) is 7.99. The molecule has 1 atom stereocenters. The molecular formula is C17H25N3O2S. The third-order valence-corrected chi connectivity index (χ3v) is 5.87. The van der Waals surface area contributed by atoms with Crippen molar-refractivity contribution >= 4 is 17.7 Å². The van der Waals surface area contributed by atoms with E-state index in [1.165, 1.54) is 25.7 Å². The zero-order valence-corrected chi connectivity index (χ0v) is 14.6. The molecule has 2 heterocycles. The largest absolute Gasteiger partial charge is 0.472 e. The smallest absolute Gasteiger partial charge is 0.232 e. The van der Waals surface area contributed by atoms with Crippen LogP contribution in [0.15, 0.2) is 12.3 Å². The van der Waals surface area contributed by atoms with E-state index in [4.69, 9.17) is 4.74 Å². The highest BCUT2D eigenvalue weighted by Crippen LogP contribution is 2.29. The molecule has 5 nitrogen and oxygen atoms in total. The molecule has 1 amide bonds. The highest BCUT2D eigenvalue weighted by Gasteiger charge is 2.26. The fourth-order valence-electron chi connectivity index (χ4n) is 3.27. The van der Waals surface area contributed by atoms with E-state index >= 15 is 0 Å². The number of piperidine rings is 1. The lowest BCUT2D eigenvalue weighted by Crippen LogP contribution is -2.45. The average molecular weight is 335 g/mol. The van der Waals surface area contributed by atoms with Crippen LogP contribution in [0.25, 0.3) is 0 Å². The number of aromatic nitrogens is 2. The number of ether oxygens (including phenoxy) is 1. The summed E-state index contributed by atoms with van der Waals surface area (Å²) >= 11 is 1.84. The van der Waals surface area contributed by atoms with E-state index in [9.17, 15) is 4.79 Å². The molecule has 1 aliphatic heterocycles. The van der Waals surface area contributed by atoms with Gasteiger partial charge in [-0.3, -0.25) is 4.79 Å². The van der Waals surface area contributed by atoms with Gasteiger partial charge < -0.3 is 9.64 Å². The fourth-order valence-corrected chi connectivity index (χ4v) is 4.49. The predicted octanol–water partition coefficient (Wildman–Crippen LogP) is 2.83. The Labute approximate surface area is 142 Å². The first kappa shape index (κ1) is 16.6. The van der Waals surface area contributed by atoms with Crippen LogP contribution in [-0.4, -0.2) is 51.0 Å². The fraction of sp³-hybridized carbons (Fsp3) is 0.706. The zero-order chi connectivity index (χ0) is 16.1. The molecule has 2 fully saturated rings. The van der Waals surface area contributed by atoms with Gasteiger partial charge in [0.05, 0.1) is 12.3 Å². The number of amides is 1. The number of aryl methyl sites for hydroxylation is 1. The predicted molar refractivity (Wildman–Crippen MR) is 91.7 cm³/mol. The Bertz CT molecular complexity index is 534. The number of rotatable bonds is 5. The van der Waals surface area contributed by atoms with E-state index in [0.29, 0.717) is 29.3 Å². The van der Waals surface area contributed by atoms with Crippen LogP contribution in [0.4, 0.5) is 0 Å². The zero-order valence-electron chi connectivity index (χ0n) is 13.7. The summed E-state index contributed by atoms with van der Waals surface area (Å²) in [6, 6.07) is 1.78. The maximum absolute atomic E-state index is 12.4. The number of hydrogen-bond donors (Lipinski definition) is 0. The summed E-state index contributed by atoms with van der Waals surface area (Å²) in [6.07, 6.45) is 8.92. The number of carbonyl (C=O) groups is 1. The van der Waals surface area contributed by atoms with Gasteiger partial charge in [0.2, 0.25) is 11.8 Å². The number of nitrogens with zero attached hydrogens (tertiary/aromatic N) is 3. The van der Waals surface area contributed by atoms with Gasteiger partial charge in [0.25, 0.3) is 0 Å². The molecule has 0 bridgehead atoms. The molecule has 1 aromatic rings. The molecule has 23 heavy (non-hydrogen) atoms. The molecule has 1 saturated heterocycles. The van der Waals surface area contributed by atoms with Gasteiger partial charge in [0.15, 0.2) is 0 Å². The third-order valence-electron chi connectivity index (χ3n) is 4.51. The van der Waals surface area contributed by atoms with Crippen molar-refractivity contribution in [2.24, 2.45) is 0 Å². The average Bonchev–Trinajstić information content (AvgIpc) is 3.06. The van der Waals surface area contributed by atoms with Gasteiger partial charge in [-0.15, -0.1) is 11.8 Å². The summed E-state index contributed by atoms with van der Waals surface area (Å²) < 4.78 is 5.94. The van der Waals surface area contributed by atoms with Crippen molar-refractivity contribution in [1.82, 2.24) is 14.9 Å². The van der Waals surface area contributed by atoms with Crippen molar-refractivity contribution in [3.8, 4) is 5.88 Å². The Morgan fingerprint density at radius 1 is 1.35 bits per heavy atom. The van der Waals surface area contributed by atoms with Crippen molar-refractivity contribution < 1.29 is 9.53 Å². The van der Waals surface area contributed by atoms with Crippen molar-refractivity contribution in [2.75, 3.05) is 18.8 Å². The van der Waals surface area contributed by atoms with E-state index < -0.39 is 0 Å². The van der Waals surface area contributed by atoms with Crippen LogP contribution in [0.2, 0.25) is 0 Å². The molecule has 1 aliphatic carbocycles. The van der Waals surface area contributed by atoms with Crippen LogP contribution in [0.1, 0.15) is 44.3 Å². The van der Waals surface area contributed by atoms with E-state index in [-0.39, 0.29) is 12.0 Å². The van der Waals surface area contributed by atoms with Crippen LogP contribution in [-0.2, 0) is 4.79 Å². The highest BCUT2D eigenvalue weighted by atomic mass is 32.2. The standard InChI is InChI=1S/C17H25N3O2S/c1-13-18-9-8-16(19-13)22-14-5-4-10-20(11-14)17(21)12-23-15-6-2-3-7-15/h8-9,14-15H,2-7,10-12H2,1H3/t14-/m1/s1. The van der Waals surface area contributed by atoms with E-state index in [1.807, 2.05) is 23.6 Å². The van der Waals surface area contributed by atoms with Crippen LogP contribution < -0.4 is 4.74 Å². The molecule has 0 N–H and O–H groups in total. The molecule has 126 valence electrons. The summed E-state index contributed by atoms with van der Waals surface area (Å²) in [6.45, 7) is 3.38. The second-order valence-electron chi connectivity index (χ2n) is 6.38. The summed E-state index contributed by atoms with van der Waals surface area (Å²) in [5.74, 6) is 2.19. The Morgan fingerprint density at radius 2 is 2.17 bits per heavy atom. The van der Waals surface area contributed by atoms with Crippen LogP contribution >= 0.6 is 11.8 Å². The molecular weight excluding hydrogens is 310 g/mol. The normalized spacial score (nSPS) is 22.3. The first-order valence-electron chi connectivity index (χ1n) is 8.56. The molecule has 3 rings (SSSR count). The highest BCUT2D eigenvalue weighted by molar-refractivity contribution is 8.00. The first-order chi connectivity index (χ1) is 11.2. The molecule has 0 aromatic carbocycles. The van der Waals surface area contributed by atoms with Gasteiger partial charge in [-0.2, -0.15) is 4.98 Å². The minimum atomic E-state index is 0.0403. The molecule has 0 radical (unpaired) electrons. The summed E-state index contributed by atoms with van der Waals surface area (Å²) in [5, 5.41) is 0.694. The molecule has 2 aliphatic rings. The second-order valence-corrected chi connectivity index (χ2v) is 7.67. The lowest BCUT2D eigenvalue weighted by molar-refractivity contribution is -0.130. The van der Waals surface area contributed by atoms with Crippen LogP contribution in [0.3, 0.4) is 0 Å². The van der Waals surface area contributed by atoms with Crippen molar-refractivity contribution in [3.63, 3.8) is 0 Å². The number of hydrogen-bond acceptors (Lipinski definition) is 5. The van der Waals surface area contributed by atoms with Crippen molar-refractivity contribution in [2.45, 2.75) is 56.8 Å².